The molecule has 0 amide bonds. The molecule has 15 heavy (non-hydrogen) atoms. The van der Waals surface area contributed by atoms with Gasteiger partial charge in [0, 0.05) is 6.57 Å². The Morgan fingerprint density at radius 2 is 1.53 bits per heavy atom. The quantitative estimate of drug-likeness (QED) is 0.281. The van der Waals surface area contributed by atoms with Crippen LogP contribution in [0.25, 0.3) is 0 Å². The maximum Gasteiger partial charge on any atom is 0.335 e. The Hall–Kier alpha value is -1.24. The third-order valence-corrected chi connectivity index (χ3v) is 1.51. The highest BCUT2D eigenvalue weighted by Crippen LogP contribution is 2.04. The molecule has 0 spiro atoms. The van der Waals surface area contributed by atoms with E-state index in [1.165, 1.54) is 0 Å². The van der Waals surface area contributed by atoms with Crippen LogP contribution in [0.4, 0.5) is 0 Å². The lowest BCUT2D eigenvalue weighted by molar-refractivity contribution is -0.164. The molecule has 0 aromatic carbocycles. The first-order chi connectivity index (χ1) is 6.91. The molecular formula is C7H13NO7. The van der Waals surface area contributed by atoms with Crippen LogP contribution in [0.2, 0.25) is 0 Å². The van der Waals surface area contributed by atoms with E-state index in [1.807, 2.05) is 0 Å². The molecule has 8 nitrogen and oxygen atoms in total. The van der Waals surface area contributed by atoms with E-state index in [4.69, 9.17) is 35.9 Å². The molecule has 0 rings (SSSR count). The van der Waals surface area contributed by atoms with Crippen molar-refractivity contribution < 1.29 is 35.4 Å². The van der Waals surface area contributed by atoms with Gasteiger partial charge in [0.1, 0.15) is 18.3 Å². The summed E-state index contributed by atoms with van der Waals surface area (Å²) in [5.74, 6) is -1.73. The lowest BCUT2D eigenvalue weighted by Crippen LogP contribution is -2.48. The van der Waals surface area contributed by atoms with Gasteiger partial charge in [0.2, 0.25) is 0 Å². The molecular weight excluding hydrogens is 210 g/mol. The van der Waals surface area contributed by atoms with Crippen molar-refractivity contribution in [2.24, 2.45) is 0 Å². The van der Waals surface area contributed by atoms with Crippen LogP contribution >= 0.6 is 0 Å². The van der Waals surface area contributed by atoms with Gasteiger partial charge in [-0.05, 0) is 0 Å². The summed E-state index contributed by atoms with van der Waals surface area (Å²) < 4.78 is 0. The SMILES string of the molecule is C#N.O=C(O)C(O)C(O)C(O)C(O)CO. The number of hydrogen-bond donors (Lipinski definition) is 6. The molecule has 4 unspecified atom stereocenters. The second kappa shape index (κ2) is 8.10. The standard InChI is InChI=1S/C6H12O7.CHN/c7-1-2(8)3(9)4(10)5(11)6(12)13;1-2/h2-5,7-11H,1H2,(H,12,13);1H. The van der Waals surface area contributed by atoms with Crippen LogP contribution in [-0.2, 0) is 4.79 Å². The largest absolute Gasteiger partial charge is 0.479 e. The number of aliphatic hydroxyl groups is 5. The minimum atomic E-state index is -2.20. The number of aliphatic carboxylic acids is 1. The van der Waals surface area contributed by atoms with Crippen LogP contribution in [0.5, 0.6) is 0 Å². The number of nitriles is 1. The number of nitrogens with zero attached hydrogens (tertiary/aromatic N) is 1. The molecule has 0 aromatic heterocycles. The van der Waals surface area contributed by atoms with Gasteiger partial charge in [0.25, 0.3) is 0 Å². The summed E-state index contributed by atoms with van der Waals surface area (Å²) in [4.78, 5) is 10.1. The molecule has 0 radical (unpaired) electrons. The second-order valence-corrected chi connectivity index (χ2v) is 2.51. The molecule has 0 aromatic rings. The van der Waals surface area contributed by atoms with Crippen LogP contribution in [0, 0.1) is 11.8 Å². The number of carboxylic acid groups (broad SMARTS) is 1. The summed E-state index contributed by atoms with van der Waals surface area (Å²) in [7, 11) is 0. The van der Waals surface area contributed by atoms with Crippen molar-refractivity contribution in [1.29, 1.82) is 5.26 Å². The molecule has 0 aliphatic carbocycles. The van der Waals surface area contributed by atoms with Gasteiger partial charge in [-0.1, -0.05) is 0 Å². The Balaban J connectivity index is 0. The first kappa shape index (κ1) is 16.2. The van der Waals surface area contributed by atoms with Gasteiger partial charge >= 0.3 is 5.97 Å². The fourth-order valence-corrected chi connectivity index (χ4v) is 0.668. The van der Waals surface area contributed by atoms with E-state index in [2.05, 4.69) is 6.57 Å². The van der Waals surface area contributed by atoms with Gasteiger partial charge in [-0.2, -0.15) is 0 Å². The Morgan fingerprint density at radius 3 is 1.80 bits per heavy atom. The summed E-state index contributed by atoms with van der Waals surface area (Å²) in [5.41, 5.74) is 0. The van der Waals surface area contributed by atoms with E-state index in [9.17, 15) is 4.79 Å². The third kappa shape index (κ3) is 5.26. The Labute approximate surface area is 85.3 Å². The van der Waals surface area contributed by atoms with Crippen molar-refractivity contribution in [2.45, 2.75) is 24.4 Å². The van der Waals surface area contributed by atoms with Crippen molar-refractivity contribution in [2.75, 3.05) is 6.61 Å². The number of carboxylic acids is 1. The Bertz CT molecular complexity index is 207. The maximum atomic E-state index is 10.1. The topological polar surface area (TPSA) is 162 Å². The van der Waals surface area contributed by atoms with E-state index in [0.29, 0.717) is 0 Å². The molecule has 0 saturated carbocycles. The molecule has 0 fully saturated rings. The number of hydrogen-bond acceptors (Lipinski definition) is 7. The zero-order chi connectivity index (χ0) is 12.6. The zero-order valence-electron chi connectivity index (χ0n) is 7.63. The predicted molar refractivity (Wildman–Crippen MR) is 45.4 cm³/mol. The highest BCUT2D eigenvalue weighted by atomic mass is 16.4. The number of rotatable bonds is 5. The van der Waals surface area contributed by atoms with E-state index < -0.39 is 37.0 Å². The summed E-state index contributed by atoms with van der Waals surface area (Å²) in [6.07, 6.45) is -7.84. The van der Waals surface area contributed by atoms with Gasteiger partial charge in [-0.3, -0.25) is 0 Å². The van der Waals surface area contributed by atoms with Crippen LogP contribution in [0.15, 0.2) is 0 Å². The number of carbonyl (C=O) groups is 1. The van der Waals surface area contributed by atoms with Gasteiger partial charge < -0.3 is 30.6 Å². The fourth-order valence-electron chi connectivity index (χ4n) is 0.668. The van der Waals surface area contributed by atoms with Gasteiger partial charge in [0.15, 0.2) is 6.10 Å². The highest BCUT2D eigenvalue weighted by Gasteiger charge is 2.33. The zero-order valence-corrected chi connectivity index (χ0v) is 7.63. The van der Waals surface area contributed by atoms with E-state index in [0.717, 1.165) is 0 Å². The molecule has 8 heteroatoms. The molecule has 88 valence electrons. The molecule has 4 atom stereocenters. The van der Waals surface area contributed by atoms with Gasteiger partial charge in [-0.25, -0.2) is 10.1 Å². The van der Waals surface area contributed by atoms with Crippen molar-refractivity contribution >= 4 is 5.97 Å². The maximum absolute atomic E-state index is 10.1. The average molecular weight is 223 g/mol. The third-order valence-electron chi connectivity index (χ3n) is 1.51. The lowest BCUT2D eigenvalue weighted by atomic mass is 10.0. The van der Waals surface area contributed by atoms with Crippen molar-refractivity contribution in [1.82, 2.24) is 0 Å². The van der Waals surface area contributed by atoms with Crippen LogP contribution in [0.3, 0.4) is 0 Å². The molecule has 0 aliphatic heterocycles. The molecule has 0 bridgehead atoms. The normalized spacial score (nSPS) is 17.8. The van der Waals surface area contributed by atoms with Crippen molar-refractivity contribution in [3.05, 3.63) is 0 Å². The van der Waals surface area contributed by atoms with E-state index in [1.54, 1.807) is 0 Å². The second-order valence-electron chi connectivity index (χ2n) is 2.51. The van der Waals surface area contributed by atoms with Crippen LogP contribution in [-0.4, -0.2) is 67.6 Å². The van der Waals surface area contributed by atoms with E-state index in [-0.39, 0.29) is 0 Å². The predicted octanol–water partition coefficient (Wildman–Crippen LogP) is -3.35. The molecule has 0 saturated heterocycles. The van der Waals surface area contributed by atoms with Crippen molar-refractivity contribution in [3.63, 3.8) is 0 Å². The Morgan fingerprint density at radius 1 is 1.13 bits per heavy atom. The smallest absolute Gasteiger partial charge is 0.335 e. The first-order valence-electron chi connectivity index (χ1n) is 3.73. The minimum Gasteiger partial charge on any atom is -0.479 e. The molecule has 0 heterocycles. The lowest BCUT2D eigenvalue weighted by Gasteiger charge is -2.23. The molecule has 0 aliphatic rings. The van der Waals surface area contributed by atoms with Crippen molar-refractivity contribution in [3.8, 4) is 6.57 Å². The highest BCUT2D eigenvalue weighted by molar-refractivity contribution is 5.72. The minimum absolute atomic E-state index is 0.843. The average Bonchev–Trinajstić information content (AvgIpc) is 2.27. The molecule has 6 N–H and O–H groups in total. The van der Waals surface area contributed by atoms with Crippen LogP contribution < -0.4 is 0 Å². The monoisotopic (exact) mass is 223 g/mol. The van der Waals surface area contributed by atoms with Gasteiger partial charge in [-0.15, -0.1) is 0 Å². The first-order valence-corrected chi connectivity index (χ1v) is 3.73. The van der Waals surface area contributed by atoms with E-state index >= 15 is 0 Å². The number of aliphatic hydroxyl groups excluding tert-OH is 5. The van der Waals surface area contributed by atoms with Gasteiger partial charge in [0.05, 0.1) is 6.61 Å². The van der Waals surface area contributed by atoms with Crippen LogP contribution in [0.1, 0.15) is 0 Å². The Kier molecular flexibility index (Phi) is 8.75. The fraction of sp³-hybridized carbons (Fsp3) is 0.714. The summed E-state index contributed by atoms with van der Waals surface area (Å²) in [6, 6.07) is 0. The summed E-state index contributed by atoms with van der Waals surface area (Å²) in [5, 5.41) is 58.3. The summed E-state index contributed by atoms with van der Waals surface area (Å²) >= 11 is 0. The summed E-state index contributed by atoms with van der Waals surface area (Å²) in [6.45, 7) is 2.66.